The highest BCUT2D eigenvalue weighted by Crippen LogP contribution is 2.39. The van der Waals surface area contributed by atoms with Crippen molar-refractivity contribution in [3.05, 3.63) is 71.9 Å². The lowest BCUT2D eigenvalue weighted by atomic mass is 10.1. The van der Waals surface area contributed by atoms with Crippen LogP contribution < -0.4 is 20.2 Å². The van der Waals surface area contributed by atoms with Crippen molar-refractivity contribution < 1.29 is 18.7 Å². The Balaban J connectivity index is 1.40. The summed E-state index contributed by atoms with van der Waals surface area (Å²) in [6.07, 6.45) is -0.457. The molecule has 1 aromatic heterocycles. The highest BCUT2D eigenvalue weighted by atomic mass is 35.5. The molecule has 3 atom stereocenters. The lowest BCUT2D eigenvalue weighted by Crippen LogP contribution is -2.67. The second kappa shape index (κ2) is 12.1. The summed E-state index contributed by atoms with van der Waals surface area (Å²) in [5.74, 6) is 0.926. The number of hydrogen-bond acceptors (Lipinski definition) is 7. The Labute approximate surface area is 248 Å². The Bertz CT molecular complexity index is 1300. The molecule has 2 aromatic carbocycles. The zero-order valence-corrected chi connectivity index (χ0v) is 26.2. The molecule has 3 aromatic rings. The summed E-state index contributed by atoms with van der Waals surface area (Å²) in [7, 11) is -2.75. The zero-order chi connectivity index (χ0) is 29.2. The summed E-state index contributed by atoms with van der Waals surface area (Å²) >= 11 is 6.39. The molecule has 0 radical (unpaired) electrons. The van der Waals surface area contributed by atoms with Crippen LogP contribution in [0.15, 0.2) is 66.7 Å². The monoisotopic (exact) mass is 594 g/mol. The number of hydrogen-bond donors (Lipinski definition) is 0. The first-order chi connectivity index (χ1) is 19.6. The Morgan fingerprint density at radius 3 is 2.17 bits per heavy atom. The summed E-state index contributed by atoms with van der Waals surface area (Å²) in [5, 5.41) is 2.56. The van der Waals surface area contributed by atoms with Gasteiger partial charge < -0.3 is 18.8 Å². The third kappa shape index (κ3) is 5.99. The molecule has 0 bridgehead atoms. The van der Waals surface area contributed by atoms with Gasteiger partial charge in [0.1, 0.15) is 17.1 Å². The predicted octanol–water partition coefficient (Wildman–Crippen LogP) is 5.04. The van der Waals surface area contributed by atoms with Gasteiger partial charge in [-0.2, -0.15) is 4.98 Å². The number of rotatable bonds is 8. The molecule has 10 heteroatoms. The average molecular weight is 595 g/mol. The second-order valence-electron chi connectivity index (χ2n) is 11.8. The number of amides is 1. The lowest BCUT2D eigenvalue weighted by molar-refractivity contribution is 0.0890. The fraction of sp³-hybridized carbons (Fsp3) is 0.452. The SMILES string of the molecule is C[C@@H](CC1OC(=O)N(c2cc(Cl)nc(N3CCOCC3)n2)[C@H]1C)O[Si](c1ccccc1)(c1ccccc1)C(C)(C)C. The first kappa shape index (κ1) is 29.5. The Hall–Kier alpha value is -2.98. The highest BCUT2D eigenvalue weighted by molar-refractivity contribution is 6.99. The van der Waals surface area contributed by atoms with Gasteiger partial charge in [0, 0.05) is 31.7 Å². The van der Waals surface area contributed by atoms with Crippen molar-refractivity contribution in [3.8, 4) is 0 Å². The van der Waals surface area contributed by atoms with Crippen LogP contribution in [0.2, 0.25) is 10.2 Å². The van der Waals surface area contributed by atoms with Gasteiger partial charge in [-0.05, 0) is 29.3 Å². The van der Waals surface area contributed by atoms with Gasteiger partial charge >= 0.3 is 6.09 Å². The Kier molecular flexibility index (Phi) is 8.70. The molecule has 0 saturated carbocycles. The number of cyclic esters (lactones) is 1. The lowest BCUT2D eigenvalue weighted by Gasteiger charge is -2.45. The molecule has 0 N–H and O–H groups in total. The molecule has 3 heterocycles. The molecular weight excluding hydrogens is 556 g/mol. The highest BCUT2D eigenvalue weighted by Gasteiger charge is 2.52. The van der Waals surface area contributed by atoms with Gasteiger partial charge in [-0.25, -0.2) is 9.78 Å². The largest absolute Gasteiger partial charge is 0.443 e. The molecule has 0 spiro atoms. The zero-order valence-electron chi connectivity index (χ0n) is 24.4. The van der Waals surface area contributed by atoms with Crippen molar-refractivity contribution in [2.75, 3.05) is 36.1 Å². The van der Waals surface area contributed by atoms with Crippen LogP contribution in [0, 0.1) is 0 Å². The van der Waals surface area contributed by atoms with Crippen LogP contribution in [0.4, 0.5) is 16.6 Å². The van der Waals surface area contributed by atoms with Gasteiger partial charge in [0.25, 0.3) is 8.32 Å². The number of carbonyl (C=O) groups excluding carboxylic acids is 1. The minimum Gasteiger partial charge on any atom is -0.443 e. The van der Waals surface area contributed by atoms with Gasteiger partial charge in [0.05, 0.1) is 19.3 Å². The second-order valence-corrected chi connectivity index (χ2v) is 16.4. The first-order valence-corrected chi connectivity index (χ1v) is 16.5. The quantitative estimate of drug-likeness (QED) is 0.267. The van der Waals surface area contributed by atoms with E-state index in [4.69, 9.17) is 30.5 Å². The third-order valence-corrected chi connectivity index (χ3v) is 13.3. The Morgan fingerprint density at radius 2 is 1.61 bits per heavy atom. The summed E-state index contributed by atoms with van der Waals surface area (Å²) in [6.45, 7) is 13.4. The fourth-order valence-electron chi connectivity index (χ4n) is 5.96. The van der Waals surface area contributed by atoms with E-state index in [2.05, 4.69) is 81.2 Å². The van der Waals surface area contributed by atoms with Gasteiger partial charge in [0.15, 0.2) is 0 Å². The van der Waals surface area contributed by atoms with E-state index in [1.807, 2.05) is 24.0 Å². The topological polar surface area (TPSA) is 77.0 Å². The molecule has 2 aliphatic heterocycles. The van der Waals surface area contributed by atoms with E-state index in [1.54, 1.807) is 11.0 Å². The van der Waals surface area contributed by atoms with Crippen LogP contribution in [0.5, 0.6) is 0 Å². The summed E-state index contributed by atoms with van der Waals surface area (Å²) in [6, 6.07) is 22.5. The van der Waals surface area contributed by atoms with E-state index in [9.17, 15) is 4.79 Å². The minimum absolute atomic E-state index is 0.151. The number of benzene rings is 2. The normalized spacial score (nSPS) is 20.7. The predicted molar refractivity (Wildman–Crippen MR) is 165 cm³/mol. The molecular formula is C31H39ClN4O4Si. The van der Waals surface area contributed by atoms with Crippen LogP contribution >= 0.6 is 11.6 Å². The van der Waals surface area contributed by atoms with Crippen molar-refractivity contribution in [1.82, 2.24) is 9.97 Å². The van der Waals surface area contributed by atoms with Crippen LogP contribution in [0.25, 0.3) is 0 Å². The van der Waals surface area contributed by atoms with Crippen molar-refractivity contribution >= 4 is 48.2 Å². The first-order valence-electron chi connectivity index (χ1n) is 14.3. The third-order valence-electron chi connectivity index (χ3n) is 7.96. The van der Waals surface area contributed by atoms with Gasteiger partial charge in [0.2, 0.25) is 5.95 Å². The van der Waals surface area contributed by atoms with Crippen LogP contribution in [0.1, 0.15) is 41.0 Å². The molecule has 1 unspecified atom stereocenters. The van der Waals surface area contributed by atoms with Gasteiger partial charge in [-0.3, -0.25) is 4.90 Å². The molecule has 2 fully saturated rings. The number of aromatic nitrogens is 2. The maximum atomic E-state index is 13.2. The van der Waals surface area contributed by atoms with Gasteiger partial charge in [-0.1, -0.05) is 93.0 Å². The van der Waals surface area contributed by atoms with E-state index in [1.165, 1.54) is 10.4 Å². The standard InChI is InChI=1S/C31H39ClN4O4Si/c1-22(40-41(31(3,4)5,24-12-8-6-9-13-24)25-14-10-7-11-15-25)20-26-23(2)36(30(37)39-26)28-21-27(32)33-29(34-28)35-16-18-38-19-17-35/h6-15,21-23,26H,16-20H2,1-5H3/t22-,23-,26?/m0/s1. The minimum atomic E-state index is -2.75. The number of nitrogens with zero attached hydrogens (tertiary/aromatic N) is 4. The molecule has 1 amide bonds. The molecule has 2 aliphatic rings. The van der Waals surface area contributed by atoms with Crippen molar-refractivity contribution in [2.24, 2.45) is 0 Å². The van der Waals surface area contributed by atoms with Crippen molar-refractivity contribution in [3.63, 3.8) is 0 Å². The number of morpholine rings is 1. The number of carbonyl (C=O) groups is 1. The van der Waals surface area contributed by atoms with E-state index in [0.717, 1.165) is 0 Å². The van der Waals surface area contributed by atoms with E-state index in [-0.39, 0.29) is 28.4 Å². The maximum absolute atomic E-state index is 13.2. The Morgan fingerprint density at radius 1 is 1.02 bits per heavy atom. The van der Waals surface area contributed by atoms with E-state index in [0.29, 0.717) is 44.5 Å². The molecule has 0 aliphatic carbocycles. The maximum Gasteiger partial charge on any atom is 0.416 e. The van der Waals surface area contributed by atoms with Crippen LogP contribution in [0.3, 0.4) is 0 Å². The van der Waals surface area contributed by atoms with E-state index >= 15 is 0 Å². The van der Waals surface area contributed by atoms with Gasteiger partial charge in [-0.15, -0.1) is 0 Å². The summed E-state index contributed by atoms with van der Waals surface area (Å²) < 4.78 is 18.6. The number of ether oxygens (including phenoxy) is 2. The van der Waals surface area contributed by atoms with E-state index < -0.39 is 14.4 Å². The summed E-state index contributed by atoms with van der Waals surface area (Å²) in [4.78, 5) is 25.9. The van der Waals surface area contributed by atoms with Crippen LogP contribution in [-0.2, 0) is 13.9 Å². The van der Waals surface area contributed by atoms with Crippen molar-refractivity contribution in [1.29, 1.82) is 0 Å². The summed E-state index contributed by atoms with van der Waals surface area (Å²) in [5.41, 5.74) is 0. The fourth-order valence-corrected chi connectivity index (χ4v) is 10.8. The average Bonchev–Trinajstić information content (AvgIpc) is 3.24. The molecule has 2 saturated heterocycles. The molecule has 41 heavy (non-hydrogen) atoms. The molecule has 218 valence electrons. The van der Waals surface area contributed by atoms with Crippen LogP contribution in [-0.4, -0.2) is 68.9 Å². The number of anilines is 2. The molecule has 8 nitrogen and oxygen atoms in total. The molecule has 5 rings (SSSR count). The smallest absolute Gasteiger partial charge is 0.416 e. The van der Waals surface area contributed by atoms with Crippen molar-refractivity contribution in [2.45, 2.75) is 64.3 Å². The number of halogens is 1.